The van der Waals surface area contributed by atoms with Gasteiger partial charge in [0.1, 0.15) is 5.82 Å². The summed E-state index contributed by atoms with van der Waals surface area (Å²) in [7, 11) is 4.01. The summed E-state index contributed by atoms with van der Waals surface area (Å²) >= 11 is 0. The Kier molecular flexibility index (Phi) is 7.12. The average molecular weight is 978 g/mol. The van der Waals surface area contributed by atoms with Gasteiger partial charge in [0.2, 0.25) is 0 Å². The van der Waals surface area contributed by atoms with Gasteiger partial charge in [-0.3, -0.25) is 0 Å². The molecule has 0 aliphatic carbocycles. The van der Waals surface area contributed by atoms with Crippen molar-refractivity contribution in [2.45, 2.75) is 0 Å². The summed E-state index contributed by atoms with van der Waals surface area (Å²) in [6, 6.07) is 53.5. The van der Waals surface area contributed by atoms with Gasteiger partial charge in [-0.1, -0.05) is 72.2 Å². The summed E-state index contributed by atoms with van der Waals surface area (Å²) in [5, 5.41) is 4.95. The third-order valence-electron chi connectivity index (χ3n) is 11.7. The Hall–Kier alpha value is -7.02. The topological polar surface area (TPSA) is 46.6 Å². The van der Waals surface area contributed by atoms with Crippen LogP contribution in [0.3, 0.4) is 0 Å². The van der Waals surface area contributed by atoms with E-state index in [9.17, 15) is 0 Å². The number of anilines is 5. The fraction of sp³-hybridized carbons (Fsp3) is 0.0769. The van der Waals surface area contributed by atoms with Crippen LogP contribution in [0.1, 0.15) is 8.22 Å². The smallest absolute Gasteiger partial charge is 0.137 e. The second-order valence-corrected chi connectivity index (χ2v) is 15.3. The Morgan fingerprint density at radius 2 is 1.20 bits per heavy atom. The number of aromatic nitrogens is 4. The van der Waals surface area contributed by atoms with Crippen molar-refractivity contribution in [2.24, 2.45) is 14.0 Å². The molecule has 8 nitrogen and oxygen atoms in total. The Labute approximate surface area is 375 Å². The van der Waals surface area contributed by atoms with Crippen molar-refractivity contribution in [3.05, 3.63) is 171 Å². The van der Waals surface area contributed by atoms with E-state index in [-0.39, 0.29) is 21.1 Å². The molecular formula is C52H38N7OPt-3. The Morgan fingerprint density at radius 1 is 0.590 bits per heavy atom. The van der Waals surface area contributed by atoms with E-state index < -0.39 is 14.0 Å². The summed E-state index contributed by atoms with van der Waals surface area (Å²) in [6.07, 6.45) is 1.81. The van der Waals surface area contributed by atoms with Crippen LogP contribution in [0.25, 0.3) is 71.2 Å². The van der Waals surface area contributed by atoms with Gasteiger partial charge < -0.3 is 33.1 Å². The predicted molar refractivity (Wildman–Crippen MR) is 247 cm³/mol. The molecule has 0 unspecified atom stereocenters. The standard InChI is InChI=1S/C52H38N7O.Pt/c1-54(2)33-26-27-53-49(29-33)59-45-21-10-7-16-37(45)40-25-24-36(30-48(40)59)60-35-15-13-14-34(28-35)57-32-58(47-23-12-11-22-46(47)57)52-50-41(38-17-5-8-19-43(38)55(50)3)31-42-39-18-6-9-20-44(39)56(4)51(42)52;/h5-27,29,31-32H,1-4H3;/q-3;/i3D3,4D3;. The molecule has 12 rings (SSSR count). The molecule has 1 aliphatic heterocycles. The largest absolute Gasteiger partial charge is 0.509 e. The SMILES string of the molecule is [2H]C([2H])([2H])n1c2ccccc2c2cc3c4ccccc4n(C([2H])([2H])[2H])c3c(N3[CH-]N(c4[c-]c(Oc5[c-]c6c(cc5)c5ccccc5n6-c5cc(N(C)C)ccn5)ccc4)c4ccccc43)c21.[Pt]. The van der Waals surface area contributed by atoms with Crippen LogP contribution in [0.4, 0.5) is 28.4 Å². The third-order valence-corrected chi connectivity index (χ3v) is 11.7. The molecule has 0 atom stereocenters. The Morgan fingerprint density at radius 3 is 1.87 bits per heavy atom. The van der Waals surface area contributed by atoms with Gasteiger partial charge >= 0.3 is 0 Å². The van der Waals surface area contributed by atoms with Gasteiger partial charge in [-0.25, -0.2) is 4.98 Å². The zero-order valence-corrected chi connectivity index (χ0v) is 35.1. The van der Waals surface area contributed by atoms with E-state index in [1.807, 2.05) is 157 Å². The van der Waals surface area contributed by atoms with Gasteiger partial charge in [0.15, 0.2) is 0 Å². The van der Waals surface area contributed by atoms with Gasteiger partial charge in [-0.2, -0.15) is 12.1 Å². The molecule has 9 heteroatoms. The van der Waals surface area contributed by atoms with Crippen molar-refractivity contribution in [1.29, 1.82) is 0 Å². The minimum absolute atomic E-state index is 0. The van der Waals surface area contributed by atoms with Crippen LogP contribution in [0.5, 0.6) is 11.5 Å². The summed E-state index contributed by atoms with van der Waals surface area (Å²) < 4.78 is 64.9. The molecule has 11 aromatic rings. The number of hydrogen-bond donors (Lipinski definition) is 0. The van der Waals surface area contributed by atoms with E-state index in [0.29, 0.717) is 61.4 Å². The van der Waals surface area contributed by atoms with E-state index in [4.69, 9.17) is 17.9 Å². The number of hydrogen-bond acceptors (Lipinski definition) is 5. The second-order valence-electron chi connectivity index (χ2n) is 15.3. The maximum atomic E-state index is 8.91. The molecule has 1 aliphatic rings. The van der Waals surface area contributed by atoms with E-state index in [1.165, 1.54) is 9.13 Å². The monoisotopic (exact) mass is 977 g/mol. The molecule has 4 aromatic heterocycles. The molecule has 0 saturated heterocycles. The zero-order chi connectivity index (χ0) is 45.2. The number of para-hydroxylation sites is 5. The van der Waals surface area contributed by atoms with E-state index in [0.717, 1.165) is 49.8 Å². The van der Waals surface area contributed by atoms with Crippen LogP contribution in [0.15, 0.2) is 152 Å². The fourth-order valence-corrected chi connectivity index (χ4v) is 8.99. The summed E-state index contributed by atoms with van der Waals surface area (Å²) in [6.45, 7) is -3.37. The maximum Gasteiger partial charge on any atom is 0.137 e. The Balaban J connectivity index is 0.00000494. The first-order chi connectivity index (χ1) is 31.8. The quantitative estimate of drug-likeness (QED) is 0.155. The molecule has 7 aromatic carbocycles. The molecular weight excluding hydrogens is 934 g/mol. The van der Waals surface area contributed by atoms with Crippen LogP contribution in [-0.4, -0.2) is 32.8 Å². The molecule has 0 bridgehead atoms. The number of pyridine rings is 1. The van der Waals surface area contributed by atoms with Gasteiger partial charge in [0.05, 0.1) is 16.7 Å². The van der Waals surface area contributed by atoms with Crippen molar-refractivity contribution in [3.63, 3.8) is 0 Å². The van der Waals surface area contributed by atoms with Gasteiger partial charge in [0.25, 0.3) is 0 Å². The molecule has 0 amide bonds. The third kappa shape index (κ3) is 5.52. The van der Waals surface area contributed by atoms with Crippen molar-refractivity contribution < 1.29 is 34.0 Å². The summed E-state index contributed by atoms with van der Waals surface area (Å²) in [4.78, 5) is 10.7. The molecule has 300 valence electrons. The van der Waals surface area contributed by atoms with Crippen LogP contribution >= 0.6 is 0 Å². The van der Waals surface area contributed by atoms with Crippen LogP contribution in [-0.2, 0) is 35.0 Å². The number of ether oxygens (including phenoxy) is 1. The number of fused-ring (bicyclic) bond motifs is 10. The minimum atomic E-state index is -2.62. The first-order valence-corrected chi connectivity index (χ1v) is 19.7. The average Bonchev–Trinajstić information content (AvgIpc) is 4.05. The van der Waals surface area contributed by atoms with Crippen molar-refractivity contribution >= 4 is 93.9 Å². The molecule has 0 fully saturated rings. The van der Waals surface area contributed by atoms with E-state index in [1.54, 1.807) is 12.1 Å². The number of benzene rings is 7. The van der Waals surface area contributed by atoms with Gasteiger partial charge in [-0.15, -0.1) is 48.1 Å². The van der Waals surface area contributed by atoms with Crippen LogP contribution < -0.4 is 19.4 Å². The molecule has 5 heterocycles. The van der Waals surface area contributed by atoms with Crippen molar-refractivity contribution in [2.75, 3.05) is 28.8 Å². The van der Waals surface area contributed by atoms with Crippen LogP contribution in [0.2, 0.25) is 0 Å². The molecule has 0 radical (unpaired) electrons. The number of nitrogens with zero attached hydrogens (tertiary/aromatic N) is 7. The normalized spacial score (nSPS) is 14.5. The molecule has 0 N–H and O–H groups in total. The van der Waals surface area contributed by atoms with Crippen molar-refractivity contribution in [3.8, 4) is 17.3 Å². The van der Waals surface area contributed by atoms with E-state index in [2.05, 4.69) is 34.9 Å². The fourth-order valence-electron chi connectivity index (χ4n) is 8.99. The molecule has 0 saturated carbocycles. The molecule has 0 spiro atoms. The Bertz CT molecular complexity index is 3670. The summed E-state index contributed by atoms with van der Waals surface area (Å²) in [5.41, 5.74) is 7.19. The first-order valence-electron chi connectivity index (χ1n) is 22.7. The number of rotatable bonds is 6. The van der Waals surface area contributed by atoms with E-state index >= 15 is 0 Å². The predicted octanol–water partition coefficient (Wildman–Crippen LogP) is 12.3. The maximum absolute atomic E-state index is 8.91. The van der Waals surface area contributed by atoms with Gasteiger partial charge in [0, 0.05) is 136 Å². The first kappa shape index (κ1) is 30.9. The zero-order valence-electron chi connectivity index (χ0n) is 38.9. The van der Waals surface area contributed by atoms with Crippen LogP contribution in [0, 0.1) is 18.8 Å². The van der Waals surface area contributed by atoms with Crippen molar-refractivity contribution in [1.82, 2.24) is 18.7 Å². The van der Waals surface area contributed by atoms with Gasteiger partial charge in [-0.05, 0) is 47.9 Å². The molecule has 61 heavy (non-hydrogen) atoms. The minimum Gasteiger partial charge on any atom is -0.509 e. The number of aryl methyl sites for hydroxylation is 2. The second kappa shape index (κ2) is 14.0. The summed E-state index contributed by atoms with van der Waals surface area (Å²) in [5.74, 6) is 1.69.